The third-order valence-electron chi connectivity index (χ3n) is 5.14. The summed E-state index contributed by atoms with van der Waals surface area (Å²) in [5, 5.41) is 0. The van der Waals surface area contributed by atoms with E-state index in [9.17, 15) is 9.59 Å². The molecule has 0 aliphatic carbocycles. The number of carbonyl (C=O) groups is 2. The highest BCUT2D eigenvalue weighted by molar-refractivity contribution is 5.95. The molecule has 0 N–H and O–H groups in total. The van der Waals surface area contributed by atoms with Crippen molar-refractivity contribution in [2.45, 2.75) is 12.8 Å². The Bertz CT molecular complexity index is 801. The van der Waals surface area contributed by atoms with Crippen LogP contribution in [0.15, 0.2) is 48.7 Å². The minimum absolute atomic E-state index is 0.00338. The van der Waals surface area contributed by atoms with Gasteiger partial charge in [0.2, 0.25) is 5.91 Å². The summed E-state index contributed by atoms with van der Waals surface area (Å²) in [5.74, 6) is 0.403. The molecule has 3 heterocycles. The molecule has 0 unspecified atom stereocenters. The minimum Gasteiger partial charge on any atom is -0.378 e. The van der Waals surface area contributed by atoms with Crippen molar-refractivity contribution in [2.24, 2.45) is 5.92 Å². The average Bonchev–Trinajstić information content (AvgIpc) is 3.09. The molecule has 2 aliphatic heterocycles. The normalized spacial score (nSPS) is 20.1. The average molecular weight is 365 g/mol. The fourth-order valence-corrected chi connectivity index (χ4v) is 3.69. The Morgan fingerprint density at radius 1 is 1.11 bits per heavy atom. The molecule has 1 atom stereocenters. The van der Waals surface area contributed by atoms with E-state index in [4.69, 9.17) is 4.74 Å². The lowest BCUT2D eigenvalue weighted by Crippen LogP contribution is -2.40. The van der Waals surface area contributed by atoms with Crippen LogP contribution in [0, 0.1) is 5.92 Å². The van der Waals surface area contributed by atoms with Crippen molar-refractivity contribution >= 4 is 17.5 Å². The predicted molar refractivity (Wildman–Crippen MR) is 102 cm³/mol. The van der Waals surface area contributed by atoms with Crippen LogP contribution in [0.4, 0.5) is 5.69 Å². The monoisotopic (exact) mass is 365 g/mol. The first-order chi connectivity index (χ1) is 13.2. The van der Waals surface area contributed by atoms with Gasteiger partial charge < -0.3 is 14.5 Å². The van der Waals surface area contributed by atoms with Crippen molar-refractivity contribution in [2.75, 3.05) is 37.7 Å². The summed E-state index contributed by atoms with van der Waals surface area (Å²) in [6.45, 7) is 3.13. The molecular formula is C21H23N3O3. The van der Waals surface area contributed by atoms with E-state index in [2.05, 4.69) is 4.98 Å². The number of nitrogens with zero attached hydrogens (tertiary/aromatic N) is 3. The number of pyridine rings is 1. The SMILES string of the molecule is O=C(c1ccc(C[C@@H]2CC(=O)N(c3ccccc3)C2)nc1)N1CCOCC1. The first-order valence-corrected chi connectivity index (χ1v) is 9.38. The van der Waals surface area contributed by atoms with E-state index in [-0.39, 0.29) is 17.7 Å². The number of hydrogen-bond acceptors (Lipinski definition) is 4. The van der Waals surface area contributed by atoms with Crippen LogP contribution in [-0.4, -0.2) is 54.5 Å². The summed E-state index contributed by atoms with van der Waals surface area (Å²) in [6.07, 6.45) is 2.92. The molecule has 0 radical (unpaired) electrons. The quantitative estimate of drug-likeness (QED) is 0.833. The molecule has 2 saturated heterocycles. The van der Waals surface area contributed by atoms with Gasteiger partial charge in [0.15, 0.2) is 0 Å². The Balaban J connectivity index is 1.37. The van der Waals surface area contributed by atoms with Gasteiger partial charge in [0.1, 0.15) is 0 Å². The number of hydrogen-bond donors (Lipinski definition) is 0. The molecule has 0 saturated carbocycles. The predicted octanol–water partition coefficient (Wildman–Crippen LogP) is 2.15. The number of carbonyl (C=O) groups excluding carboxylic acids is 2. The number of morpholine rings is 1. The second-order valence-electron chi connectivity index (χ2n) is 7.06. The highest BCUT2D eigenvalue weighted by Crippen LogP contribution is 2.26. The highest BCUT2D eigenvalue weighted by Gasteiger charge is 2.30. The summed E-state index contributed by atoms with van der Waals surface area (Å²) in [5.41, 5.74) is 2.47. The van der Waals surface area contributed by atoms with Gasteiger partial charge in [0.25, 0.3) is 5.91 Å². The molecule has 1 aromatic heterocycles. The molecular weight excluding hydrogens is 342 g/mol. The van der Waals surface area contributed by atoms with Gasteiger partial charge >= 0.3 is 0 Å². The van der Waals surface area contributed by atoms with Crippen LogP contribution in [0.2, 0.25) is 0 Å². The van der Waals surface area contributed by atoms with Crippen LogP contribution in [0.5, 0.6) is 0 Å². The number of aromatic nitrogens is 1. The van der Waals surface area contributed by atoms with E-state index < -0.39 is 0 Å². The zero-order valence-corrected chi connectivity index (χ0v) is 15.2. The van der Waals surface area contributed by atoms with Gasteiger partial charge in [-0.05, 0) is 36.6 Å². The largest absolute Gasteiger partial charge is 0.378 e. The van der Waals surface area contributed by atoms with E-state index in [1.807, 2.05) is 47.4 Å². The molecule has 27 heavy (non-hydrogen) atoms. The Labute approximate surface area is 158 Å². The minimum atomic E-state index is 0.00338. The Morgan fingerprint density at radius 3 is 2.59 bits per heavy atom. The standard InChI is InChI=1S/C21H23N3O3/c25-20-13-16(15-24(20)19-4-2-1-3-5-19)12-18-7-6-17(14-22-18)21(26)23-8-10-27-11-9-23/h1-7,14,16H,8-13,15H2/t16-/m1/s1. The van der Waals surface area contributed by atoms with Crippen LogP contribution >= 0.6 is 0 Å². The summed E-state index contributed by atoms with van der Waals surface area (Å²) < 4.78 is 5.29. The lowest BCUT2D eigenvalue weighted by Gasteiger charge is -2.26. The molecule has 1 aromatic carbocycles. The van der Waals surface area contributed by atoms with Gasteiger partial charge in [0.05, 0.1) is 18.8 Å². The summed E-state index contributed by atoms with van der Waals surface area (Å²) >= 11 is 0. The second kappa shape index (κ2) is 7.88. The molecule has 0 bridgehead atoms. The fraction of sp³-hybridized carbons (Fsp3) is 0.381. The van der Waals surface area contributed by atoms with Crippen molar-refractivity contribution < 1.29 is 14.3 Å². The van der Waals surface area contributed by atoms with E-state index in [1.54, 1.807) is 11.1 Å². The van der Waals surface area contributed by atoms with Gasteiger partial charge in [-0.1, -0.05) is 18.2 Å². The Hall–Kier alpha value is -2.73. The molecule has 6 heteroatoms. The van der Waals surface area contributed by atoms with Crippen molar-refractivity contribution in [3.05, 3.63) is 59.9 Å². The molecule has 2 aromatic rings. The van der Waals surface area contributed by atoms with Gasteiger partial charge in [-0.25, -0.2) is 0 Å². The van der Waals surface area contributed by atoms with Gasteiger partial charge in [-0.2, -0.15) is 0 Å². The summed E-state index contributed by atoms with van der Waals surface area (Å²) in [4.78, 5) is 32.9. The van der Waals surface area contributed by atoms with Gasteiger partial charge in [-0.15, -0.1) is 0 Å². The third-order valence-corrected chi connectivity index (χ3v) is 5.14. The Kier molecular flexibility index (Phi) is 5.16. The van der Waals surface area contributed by atoms with E-state index in [0.29, 0.717) is 44.8 Å². The van der Waals surface area contributed by atoms with Crippen LogP contribution in [0.1, 0.15) is 22.5 Å². The maximum absolute atomic E-state index is 12.5. The molecule has 4 rings (SSSR count). The zero-order chi connectivity index (χ0) is 18.6. The molecule has 6 nitrogen and oxygen atoms in total. The van der Waals surface area contributed by atoms with Gasteiger partial charge in [-0.3, -0.25) is 14.6 Å². The van der Waals surface area contributed by atoms with Crippen molar-refractivity contribution in [1.82, 2.24) is 9.88 Å². The number of amides is 2. The molecule has 2 fully saturated rings. The van der Waals surface area contributed by atoms with E-state index in [0.717, 1.165) is 17.8 Å². The highest BCUT2D eigenvalue weighted by atomic mass is 16.5. The summed E-state index contributed by atoms with van der Waals surface area (Å²) in [7, 11) is 0. The topological polar surface area (TPSA) is 62.7 Å². The van der Waals surface area contributed by atoms with Crippen LogP contribution in [0.3, 0.4) is 0 Å². The van der Waals surface area contributed by atoms with Crippen molar-refractivity contribution in [1.29, 1.82) is 0 Å². The van der Waals surface area contributed by atoms with E-state index >= 15 is 0 Å². The van der Waals surface area contributed by atoms with Crippen molar-refractivity contribution in [3.63, 3.8) is 0 Å². The van der Waals surface area contributed by atoms with Gasteiger partial charge in [0, 0.05) is 43.6 Å². The Morgan fingerprint density at radius 2 is 1.89 bits per heavy atom. The number of ether oxygens (including phenoxy) is 1. The van der Waals surface area contributed by atoms with Crippen LogP contribution in [-0.2, 0) is 16.0 Å². The molecule has 0 spiro atoms. The van der Waals surface area contributed by atoms with Crippen molar-refractivity contribution in [3.8, 4) is 0 Å². The van der Waals surface area contributed by atoms with Crippen LogP contribution in [0.25, 0.3) is 0 Å². The molecule has 2 aliphatic rings. The number of rotatable bonds is 4. The molecule has 2 amide bonds. The van der Waals surface area contributed by atoms with E-state index in [1.165, 1.54) is 0 Å². The zero-order valence-electron chi connectivity index (χ0n) is 15.2. The number of para-hydroxylation sites is 1. The summed E-state index contributed by atoms with van der Waals surface area (Å²) in [6, 6.07) is 13.5. The maximum atomic E-state index is 12.5. The first-order valence-electron chi connectivity index (χ1n) is 9.38. The fourth-order valence-electron chi connectivity index (χ4n) is 3.69. The molecule has 140 valence electrons. The van der Waals surface area contributed by atoms with Crippen LogP contribution < -0.4 is 4.90 Å². The maximum Gasteiger partial charge on any atom is 0.255 e. The third kappa shape index (κ3) is 4.01. The smallest absolute Gasteiger partial charge is 0.255 e. The lowest BCUT2D eigenvalue weighted by molar-refractivity contribution is -0.117. The second-order valence-corrected chi connectivity index (χ2v) is 7.06. The first kappa shape index (κ1) is 17.7. The number of anilines is 1. The number of benzene rings is 1. The lowest BCUT2D eigenvalue weighted by atomic mass is 10.0.